The smallest absolute Gasteiger partial charge is 0.245 e. The van der Waals surface area contributed by atoms with Crippen molar-refractivity contribution in [1.82, 2.24) is 15.2 Å². The van der Waals surface area contributed by atoms with Crippen molar-refractivity contribution in [2.75, 3.05) is 13.1 Å². The number of carbonyl (C=O) groups excluding carboxylic acids is 2. The predicted molar refractivity (Wildman–Crippen MR) is 116 cm³/mol. The van der Waals surface area contributed by atoms with Crippen molar-refractivity contribution >= 4 is 22.9 Å². The molecule has 4 rings (SSSR count). The third-order valence-electron chi connectivity index (χ3n) is 6.67. The van der Waals surface area contributed by atoms with Gasteiger partial charge in [-0.25, -0.2) is 4.98 Å². The second-order valence-corrected chi connectivity index (χ2v) is 9.18. The Hall–Kier alpha value is -2.37. The van der Waals surface area contributed by atoms with Crippen molar-refractivity contribution in [3.63, 3.8) is 0 Å². The Kier molecular flexibility index (Phi) is 6.40. The number of oxazole rings is 1. The van der Waals surface area contributed by atoms with Gasteiger partial charge >= 0.3 is 0 Å². The number of hydrogen-bond acceptors (Lipinski definition) is 4. The van der Waals surface area contributed by atoms with Crippen molar-refractivity contribution < 1.29 is 14.0 Å². The molecule has 2 heterocycles. The highest BCUT2D eigenvalue weighted by atomic mass is 16.3. The first-order chi connectivity index (χ1) is 14.5. The van der Waals surface area contributed by atoms with Crippen LogP contribution in [0.1, 0.15) is 70.6 Å². The third kappa shape index (κ3) is 4.52. The molecule has 6 heteroatoms. The molecule has 2 aromatic rings. The second-order valence-electron chi connectivity index (χ2n) is 9.18. The predicted octanol–water partition coefficient (Wildman–Crippen LogP) is 4.25. The quantitative estimate of drug-likeness (QED) is 0.798. The van der Waals surface area contributed by atoms with E-state index in [2.05, 4.69) is 10.3 Å². The molecule has 1 unspecified atom stereocenters. The summed E-state index contributed by atoms with van der Waals surface area (Å²) in [5, 5.41) is 3.08. The number of hydrogen-bond donors (Lipinski definition) is 1. The first-order valence-corrected chi connectivity index (χ1v) is 11.5. The van der Waals surface area contributed by atoms with E-state index >= 15 is 0 Å². The van der Waals surface area contributed by atoms with Crippen LogP contribution in [-0.2, 0) is 9.59 Å². The zero-order valence-corrected chi connectivity index (χ0v) is 18.1. The van der Waals surface area contributed by atoms with Crippen molar-refractivity contribution in [2.45, 2.75) is 70.8 Å². The Morgan fingerprint density at radius 3 is 2.43 bits per heavy atom. The van der Waals surface area contributed by atoms with E-state index in [1.54, 1.807) is 0 Å². The Balaban J connectivity index is 1.36. The van der Waals surface area contributed by atoms with Gasteiger partial charge in [-0.3, -0.25) is 9.59 Å². The van der Waals surface area contributed by atoms with Crippen LogP contribution in [0, 0.1) is 11.8 Å². The van der Waals surface area contributed by atoms with Crippen LogP contribution in [0.3, 0.4) is 0 Å². The summed E-state index contributed by atoms with van der Waals surface area (Å²) in [6, 6.07) is 7.37. The van der Waals surface area contributed by atoms with E-state index in [1.807, 2.05) is 43.0 Å². The normalized spacial score (nSPS) is 19.9. The minimum absolute atomic E-state index is 0.0465. The van der Waals surface area contributed by atoms with E-state index in [0.717, 1.165) is 55.5 Å². The average Bonchev–Trinajstić information content (AvgIpc) is 3.21. The van der Waals surface area contributed by atoms with Gasteiger partial charge in [0.15, 0.2) is 11.5 Å². The number of piperidine rings is 1. The Morgan fingerprint density at radius 2 is 1.77 bits per heavy atom. The van der Waals surface area contributed by atoms with E-state index in [1.165, 1.54) is 6.42 Å². The lowest BCUT2D eigenvalue weighted by Gasteiger charge is -2.35. The van der Waals surface area contributed by atoms with Gasteiger partial charge < -0.3 is 14.6 Å². The van der Waals surface area contributed by atoms with E-state index in [-0.39, 0.29) is 29.6 Å². The minimum Gasteiger partial charge on any atom is -0.440 e. The fourth-order valence-corrected chi connectivity index (χ4v) is 4.76. The van der Waals surface area contributed by atoms with Crippen molar-refractivity contribution in [1.29, 1.82) is 0 Å². The number of rotatable bonds is 5. The number of fused-ring (bicyclic) bond motifs is 1. The summed E-state index contributed by atoms with van der Waals surface area (Å²) in [6.07, 6.45) is 7.00. The molecule has 1 saturated carbocycles. The highest BCUT2D eigenvalue weighted by Gasteiger charge is 2.34. The summed E-state index contributed by atoms with van der Waals surface area (Å²) in [7, 11) is 0. The van der Waals surface area contributed by atoms with E-state index < -0.39 is 6.04 Å². The van der Waals surface area contributed by atoms with Crippen LogP contribution in [0.5, 0.6) is 0 Å². The minimum atomic E-state index is -0.444. The molecule has 1 atom stereocenters. The summed E-state index contributed by atoms with van der Waals surface area (Å²) in [5.74, 6) is 1.25. The topological polar surface area (TPSA) is 75.4 Å². The van der Waals surface area contributed by atoms with Crippen LogP contribution >= 0.6 is 0 Å². The fourth-order valence-electron chi connectivity index (χ4n) is 4.76. The zero-order valence-electron chi connectivity index (χ0n) is 18.1. The molecule has 1 aliphatic heterocycles. The van der Waals surface area contributed by atoms with Crippen molar-refractivity contribution in [3.8, 4) is 0 Å². The maximum absolute atomic E-state index is 13.2. The molecule has 1 aromatic heterocycles. The van der Waals surface area contributed by atoms with Gasteiger partial charge in [0, 0.05) is 24.9 Å². The van der Waals surface area contributed by atoms with Crippen LogP contribution in [0.4, 0.5) is 0 Å². The molecule has 2 amide bonds. The molecule has 1 N–H and O–H groups in total. The lowest BCUT2D eigenvalue weighted by molar-refractivity contribution is -0.139. The monoisotopic (exact) mass is 411 g/mol. The van der Waals surface area contributed by atoms with E-state index in [0.29, 0.717) is 13.1 Å². The van der Waals surface area contributed by atoms with Gasteiger partial charge in [0.1, 0.15) is 11.6 Å². The molecule has 0 bridgehead atoms. The van der Waals surface area contributed by atoms with Crippen molar-refractivity contribution in [3.05, 3.63) is 30.2 Å². The molecule has 2 aliphatic rings. The van der Waals surface area contributed by atoms with Crippen LogP contribution in [0.2, 0.25) is 0 Å². The fraction of sp³-hybridized carbons (Fsp3) is 0.625. The van der Waals surface area contributed by atoms with Gasteiger partial charge in [-0.05, 0) is 43.7 Å². The van der Waals surface area contributed by atoms with Crippen LogP contribution in [-0.4, -0.2) is 40.8 Å². The molecule has 6 nitrogen and oxygen atoms in total. The molecular formula is C24H33N3O3. The maximum atomic E-state index is 13.2. The highest BCUT2D eigenvalue weighted by Crippen LogP contribution is 2.30. The van der Waals surface area contributed by atoms with Gasteiger partial charge in [0.2, 0.25) is 11.8 Å². The first-order valence-electron chi connectivity index (χ1n) is 11.5. The lowest BCUT2D eigenvalue weighted by atomic mass is 9.88. The molecule has 1 aromatic carbocycles. The number of nitrogens with zero attached hydrogens (tertiary/aromatic N) is 2. The summed E-state index contributed by atoms with van der Waals surface area (Å²) in [4.78, 5) is 32.5. The highest BCUT2D eigenvalue weighted by molar-refractivity contribution is 5.88. The largest absolute Gasteiger partial charge is 0.440 e. The zero-order chi connectivity index (χ0) is 21.1. The molecule has 1 aliphatic carbocycles. The summed E-state index contributed by atoms with van der Waals surface area (Å²) in [5.41, 5.74) is 1.70. The molecule has 162 valence electrons. The molecule has 30 heavy (non-hydrogen) atoms. The molecule has 0 radical (unpaired) electrons. The molecule has 0 spiro atoms. The van der Waals surface area contributed by atoms with Gasteiger partial charge in [-0.2, -0.15) is 0 Å². The molecule has 1 saturated heterocycles. The number of amides is 2. The molecule has 2 fully saturated rings. The van der Waals surface area contributed by atoms with Gasteiger partial charge in [0.05, 0.1) is 0 Å². The first kappa shape index (κ1) is 20.9. The Bertz CT molecular complexity index is 844. The summed E-state index contributed by atoms with van der Waals surface area (Å²) < 4.78 is 5.94. The number of likely N-dealkylation sites (tertiary alicyclic amines) is 1. The van der Waals surface area contributed by atoms with E-state index in [9.17, 15) is 9.59 Å². The summed E-state index contributed by atoms with van der Waals surface area (Å²) in [6.45, 7) is 5.36. The van der Waals surface area contributed by atoms with Crippen LogP contribution < -0.4 is 5.32 Å². The second kappa shape index (κ2) is 9.19. The lowest BCUT2D eigenvalue weighted by Crippen LogP contribution is -2.54. The number of carbonyl (C=O) groups is 2. The third-order valence-corrected chi connectivity index (χ3v) is 6.67. The molecular weight excluding hydrogens is 378 g/mol. The number of para-hydroxylation sites is 2. The number of nitrogens with one attached hydrogen (secondary N) is 1. The number of aromatic nitrogens is 1. The standard InChI is InChI=1S/C24H33N3O3/c1-16(2)21(26-22(28)17-8-4-3-5-9-17)24(29)27-14-12-18(13-15-27)23-25-19-10-6-7-11-20(19)30-23/h6-7,10-11,16-18,21H,3-5,8-9,12-15H2,1-2H3,(H,26,28). The Morgan fingerprint density at radius 1 is 1.07 bits per heavy atom. The maximum Gasteiger partial charge on any atom is 0.245 e. The van der Waals surface area contributed by atoms with E-state index in [4.69, 9.17) is 4.42 Å². The van der Waals surface area contributed by atoms with Gasteiger partial charge in [-0.1, -0.05) is 45.2 Å². The average molecular weight is 412 g/mol. The summed E-state index contributed by atoms with van der Waals surface area (Å²) >= 11 is 0. The van der Waals surface area contributed by atoms with Crippen LogP contribution in [0.15, 0.2) is 28.7 Å². The van der Waals surface area contributed by atoms with Gasteiger partial charge in [-0.15, -0.1) is 0 Å². The SMILES string of the molecule is CC(C)C(NC(=O)C1CCCCC1)C(=O)N1CCC(c2nc3ccccc3o2)CC1. The van der Waals surface area contributed by atoms with Crippen molar-refractivity contribution in [2.24, 2.45) is 11.8 Å². The Labute approximate surface area is 178 Å². The van der Waals surface area contributed by atoms with Gasteiger partial charge in [0.25, 0.3) is 0 Å². The number of benzene rings is 1. The van der Waals surface area contributed by atoms with Crippen LogP contribution in [0.25, 0.3) is 11.1 Å².